The lowest BCUT2D eigenvalue weighted by Crippen LogP contribution is -2.45. The van der Waals surface area contributed by atoms with Crippen molar-refractivity contribution < 1.29 is 28.9 Å². The zero-order valence-corrected chi connectivity index (χ0v) is 15.4. The summed E-state index contributed by atoms with van der Waals surface area (Å²) in [5.74, 6) is 0.0620. The first-order chi connectivity index (χ1) is 12.4. The Morgan fingerprint density at radius 1 is 1.23 bits per heavy atom. The molecule has 1 aromatic rings. The van der Waals surface area contributed by atoms with E-state index in [0.717, 1.165) is 17.5 Å². The number of hydrogen-bond acceptors (Lipinski definition) is 5. The molecule has 7 heteroatoms. The van der Waals surface area contributed by atoms with E-state index < -0.39 is 18.1 Å². The number of methoxy groups -OCH3 is 2. The fourth-order valence-corrected chi connectivity index (χ4v) is 3.85. The van der Waals surface area contributed by atoms with Gasteiger partial charge in [-0.1, -0.05) is 0 Å². The van der Waals surface area contributed by atoms with Crippen LogP contribution in [-0.4, -0.2) is 54.9 Å². The average Bonchev–Trinajstić information content (AvgIpc) is 3.06. The lowest BCUT2D eigenvalue weighted by molar-refractivity contribution is -0.148. The molecule has 3 atom stereocenters. The van der Waals surface area contributed by atoms with Crippen molar-refractivity contribution in [3.05, 3.63) is 23.3 Å². The van der Waals surface area contributed by atoms with Crippen molar-refractivity contribution in [1.82, 2.24) is 4.90 Å². The van der Waals surface area contributed by atoms with Gasteiger partial charge in [0, 0.05) is 6.54 Å². The van der Waals surface area contributed by atoms with Gasteiger partial charge in [-0.05, 0) is 49.4 Å². The van der Waals surface area contributed by atoms with E-state index in [9.17, 15) is 14.7 Å². The Labute approximate surface area is 152 Å². The maximum absolute atomic E-state index is 13.0. The van der Waals surface area contributed by atoms with Crippen LogP contribution in [0.4, 0.5) is 0 Å². The molecule has 0 aromatic heterocycles. The highest BCUT2D eigenvalue weighted by Crippen LogP contribution is 2.40. The van der Waals surface area contributed by atoms with Crippen LogP contribution in [0.3, 0.4) is 0 Å². The van der Waals surface area contributed by atoms with Crippen molar-refractivity contribution >= 4 is 11.9 Å². The Balaban J connectivity index is 1.95. The summed E-state index contributed by atoms with van der Waals surface area (Å²) in [6.45, 7) is 2.41. The zero-order valence-electron chi connectivity index (χ0n) is 15.4. The van der Waals surface area contributed by atoms with Crippen LogP contribution in [0.25, 0.3) is 0 Å². The maximum Gasteiger partial charge on any atom is 0.305 e. The van der Waals surface area contributed by atoms with Crippen molar-refractivity contribution in [3.8, 4) is 11.5 Å². The van der Waals surface area contributed by atoms with Gasteiger partial charge in [0.1, 0.15) is 6.10 Å². The van der Waals surface area contributed by atoms with E-state index >= 15 is 0 Å². The molecule has 0 aliphatic carbocycles. The van der Waals surface area contributed by atoms with Crippen LogP contribution in [0.2, 0.25) is 0 Å². The molecule has 2 aliphatic heterocycles. The smallest absolute Gasteiger partial charge is 0.305 e. The molecule has 0 radical (unpaired) electrons. The van der Waals surface area contributed by atoms with Crippen molar-refractivity contribution in [3.63, 3.8) is 0 Å². The Hall–Kier alpha value is -2.28. The molecule has 26 heavy (non-hydrogen) atoms. The number of fused-ring (bicyclic) bond motifs is 1. The highest BCUT2D eigenvalue weighted by Gasteiger charge is 2.38. The third-order valence-corrected chi connectivity index (χ3v) is 5.16. The molecule has 2 aliphatic rings. The van der Waals surface area contributed by atoms with Crippen LogP contribution in [0, 0.1) is 0 Å². The van der Waals surface area contributed by atoms with E-state index in [1.807, 2.05) is 13.0 Å². The van der Waals surface area contributed by atoms with E-state index in [4.69, 9.17) is 14.2 Å². The lowest BCUT2D eigenvalue weighted by atomic mass is 9.89. The molecule has 3 unspecified atom stereocenters. The number of carboxylic acids is 1. The van der Waals surface area contributed by atoms with Crippen molar-refractivity contribution in [2.24, 2.45) is 0 Å². The molecular formula is C19H25NO6. The summed E-state index contributed by atoms with van der Waals surface area (Å²) >= 11 is 0. The Bertz CT molecular complexity index is 704. The van der Waals surface area contributed by atoms with Gasteiger partial charge in [-0.15, -0.1) is 0 Å². The molecule has 2 heterocycles. The van der Waals surface area contributed by atoms with Crippen LogP contribution in [0.15, 0.2) is 12.1 Å². The molecule has 0 saturated carbocycles. The number of nitrogens with zero attached hydrogens (tertiary/aromatic N) is 1. The number of carbonyl (C=O) groups excluding carboxylic acids is 1. The first kappa shape index (κ1) is 18.5. The third-order valence-electron chi connectivity index (χ3n) is 5.16. The minimum atomic E-state index is -0.948. The summed E-state index contributed by atoms with van der Waals surface area (Å²) in [7, 11) is 3.10. The zero-order chi connectivity index (χ0) is 18.8. The summed E-state index contributed by atoms with van der Waals surface area (Å²) in [6, 6.07) is 3.13. The predicted molar refractivity (Wildman–Crippen MR) is 93.5 cm³/mol. The lowest BCUT2D eigenvalue weighted by Gasteiger charge is -2.38. The highest BCUT2D eigenvalue weighted by atomic mass is 16.5. The largest absolute Gasteiger partial charge is 0.493 e. The van der Waals surface area contributed by atoms with Crippen LogP contribution < -0.4 is 9.47 Å². The van der Waals surface area contributed by atoms with Gasteiger partial charge < -0.3 is 24.2 Å². The molecule has 7 nitrogen and oxygen atoms in total. The van der Waals surface area contributed by atoms with Gasteiger partial charge in [-0.25, -0.2) is 0 Å². The van der Waals surface area contributed by atoms with Crippen molar-refractivity contribution in [2.45, 2.75) is 50.9 Å². The summed E-state index contributed by atoms with van der Waals surface area (Å²) in [5, 5.41) is 9.40. The van der Waals surface area contributed by atoms with E-state index in [1.54, 1.807) is 18.1 Å². The van der Waals surface area contributed by atoms with Gasteiger partial charge in [0.2, 0.25) is 0 Å². The summed E-state index contributed by atoms with van der Waals surface area (Å²) in [5.41, 5.74) is 1.79. The van der Waals surface area contributed by atoms with E-state index in [1.165, 1.54) is 7.11 Å². The molecule has 1 amide bonds. The standard InChI is InChI=1S/C19H25NO6/c1-11-4-5-15(26-11)19(23)20-7-6-12-8-16(24-2)17(25-3)9-13(12)14(20)10-18(21)22/h8-9,11,14-15H,4-7,10H2,1-3H3,(H,21,22). The van der Waals surface area contributed by atoms with Crippen LogP contribution in [0.5, 0.6) is 11.5 Å². The average molecular weight is 363 g/mol. The number of carbonyl (C=O) groups is 2. The van der Waals surface area contributed by atoms with Crippen molar-refractivity contribution in [2.75, 3.05) is 20.8 Å². The number of benzene rings is 1. The fraction of sp³-hybridized carbons (Fsp3) is 0.579. The molecular weight excluding hydrogens is 338 g/mol. The second kappa shape index (κ2) is 7.53. The summed E-state index contributed by atoms with van der Waals surface area (Å²) < 4.78 is 16.4. The summed E-state index contributed by atoms with van der Waals surface area (Å²) in [6.07, 6.45) is 1.58. The molecule has 1 saturated heterocycles. The van der Waals surface area contributed by atoms with Gasteiger partial charge in [-0.3, -0.25) is 9.59 Å². The Morgan fingerprint density at radius 2 is 1.92 bits per heavy atom. The van der Waals surface area contributed by atoms with Crippen LogP contribution in [-0.2, 0) is 20.7 Å². The van der Waals surface area contributed by atoms with E-state index in [0.29, 0.717) is 30.9 Å². The Kier molecular flexibility index (Phi) is 5.36. The number of hydrogen-bond donors (Lipinski definition) is 1. The third kappa shape index (κ3) is 3.49. The van der Waals surface area contributed by atoms with Gasteiger partial charge in [0.25, 0.3) is 5.91 Å². The first-order valence-corrected chi connectivity index (χ1v) is 8.87. The minimum Gasteiger partial charge on any atom is -0.493 e. The van der Waals surface area contributed by atoms with Crippen LogP contribution in [0.1, 0.15) is 43.4 Å². The van der Waals surface area contributed by atoms with E-state index in [-0.39, 0.29) is 18.4 Å². The molecule has 1 N–H and O–H groups in total. The molecule has 1 aromatic carbocycles. The number of rotatable bonds is 5. The first-order valence-electron chi connectivity index (χ1n) is 8.87. The van der Waals surface area contributed by atoms with Gasteiger partial charge in [0.15, 0.2) is 11.5 Å². The minimum absolute atomic E-state index is 0.0586. The topological polar surface area (TPSA) is 85.3 Å². The van der Waals surface area contributed by atoms with Gasteiger partial charge >= 0.3 is 5.97 Å². The fourth-order valence-electron chi connectivity index (χ4n) is 3.85. The monoisotopic (exact) mass is 363 g/mol. The molecule has 0 bridgehead atoms. The van der Waals surface area contributed by atoms with Crippen molar-refractivity contribution in [1.29, 1.82) is 0 Å². The molecule has 3 rings (SSSR count). The molecule has 1 fully saturated rings. The number of aliphatic carboxylic acids is 1. The number of ether oxygens (including phenoxy) is 3. The number of amides is 1. The summed E-state index contributed by atoms with van der Waals surface area (Å²) in [4.78, 5) is 26.1. The molecule has 142 valence electrons. The quantitative estimate of drug-likeness (QED) is 0.863. The second-order valence-corrected chi connectivity index (χ2v) is 6.81. The predicted octanol–water partition coefficient (Wildman–Crippen LogP) is 2.17. The van der Waals surface area contributed by atoms with Crippen LogP contribution >= 0.6 is 0 Å². The normalized spacial score (nSPS) is 24.9. The number of carboxylic acid groups (broad SMARTS) is 1. The Morgan fingerprint density at radius 3 is 2.50 bits per heavy atom. The van der Waals surface area contributed by atoms with E-state index in [2.05, 4.69) is 0 Å². The highest BCUT2D eigenvalue weighted by molar-refractivity contribution is 5.83. The maximum atomic E-state index is 13.0. The second-order valence-electron chi connectivity index (χ2n) is 6.81. The SMILES string of the molecule is COc1cc2c(cc1OC)C(CC(=O)O)N(C(=O)C1CCC(C)O1)CC2. The molecule has 0 spiro atoms. The van der Waals surface area contributed by atoms with Gasteiger partial charge in [-0.2, -0.15) is 0 Å². The van der Waals surface area contributed by atoms with Gasteiger partial charge in [0.05, 0.1) is 32.8 Å².